The number of para-hydroxylation sites is 1. The number of H-pyrrole nitrogens is 1. The number of carboxylic acids is 2. The van der Waals surface area contributed by atoms with E-state index in [4.69, 9.17) is 77.1 Å². The number of nitrogens with one attached hydrogen (secondary N) is 23. The fourth-order valence-corrected chi connectivity index (χ4v) is 12.4. The second-order valence-electron chi connectivity index (χ2n) is 30.3. The van der Waals surface area contributed by atoms with Gasteiger partial charge in [0.1, 0.15) is 78.3 Å². The fraction of sp³-hybridized carbons (Fsp3) is 0.577. The maximum Gasteiger partial charge on any atom is 0.326 e. The summed E-state index contributed by atoms with van der Waals surface area (Å²) in [4.78, 5) is 196. The van der Waals surface area contributed by atoms with Crippen molar-refractivity contribution in [1.29, 1.82) is 27.0 Å². The fourth-order valence-electron chi connectivity index (χ4n) is 12.4. The molecule has 0 bridgehead atoms. The van der Waals surface area contributed by atoms with Gasteiger partial charge in [0.2, 0.25) is 70.9 Å². The van der Waals surface area contributed by atoms with Gasteiger partial charge in [-0.3, -0.25) is 89.4 Å². The zero-order chi connectivity index (χ0) is 94.7. The third-order valence-electron chi connectivity index (χ3n) is 19.3. The van der Waals surface area contributed by atoms with Gasteiger partial charge in [0, 0.05) is 69.6 Å². The van der Waals surface area contributed by atoms with Gasteiger partial charge < -0.3 is 156 Å². The second kappa shape index (κ2) is 58.6. The first kappa shape index (κ1) is 109. The number of aromatic amines is 1. The summed E-state index contributed by atoms with van der Waals surface area (Å²) >= 11 is 0. The highest BCUT2D eigenvalue weighted by atomic mass is 16.4. The molecule has 0 fully saturated rings. The number of carbonyl (C=O) groups excluding carboxylic acids is 12. The third-order valence-corrected chi connectivity index (χ3v) is 19.3. The van der Waals surface area contributed by atoms with Crippen LogP contribution < -0.4 is 131 Å². The Morgan fingerprint density at radius 2 is 0.786 bits per heavy atom. The number of unbranched alkanes of at least 4 members (excludes halogenated alkanes) is 1. The van der Waals surface area contributed by atoms with Crippen molar-refractivity contribution in [3.63, 3.8) is 0 Å². The molecule has 0 spiro atoms. The molecular weight excluding hydrogens is 1650 g/mol. The smallest absolute Gasteiger partial charge is 0.326 e. The average molecular weight is 1780 g/mol. The largest absolute Gasteiger partial charge is 0.508 e. The van der Waals surface area contributed by atoms with Crippen LogP contribution in [0, 0.1) is 38.9 Å². The summed E-state index contributed by atoms with van der Waals surface area (Å²) in [6.07, 6.45) is 1.59. The van der Waals surface area contributed by atoms with E-state index in [0.717, 1.165) is 6.92 Å². The van der Waals surface area contributed by atoms with Crippen molar-refractivity contribution in [3.05, 3.63) is 65.9 Å². The minimum absolute atomic E-state index is 0.00342. The number of carboxylic acid groups (broad SMARTS) is 2. The maximum atomic E-state index is 15.1. The molecular formula is C78H132N30O18. The first-order chi connectivity index (χ1) is 59.5. The Morgan fingerprint density at radius 3 is 1.17 bits per heavy atom. The molecule has 0 saturated carbocycles. The third kappa shape index (κ3) is 44.1. The van der Waals surface area contributed by atoms with Crippen molar-refractivity contribution in [3.8, 4) is 5.75 Å². The molecule has 0 aliphatic rings. The van der Waals surface area contributed by atoms with Crippen molar-refractivity contribution in [2.75, 3.05) is 52.4 Å². The van der Waals surface area contributed by atoms with Crippen LogP contribution in [0.2, 0.25) is 0 Å². The standard InChI is InChI=1S/C76H128N30O16.C2H4O2/c1-6-41(4)59(106-61(111)47(78)39-107)70(120)104-55(35-43-24-26-45(108)27-25-43)68(118)101-52(21-13-31-91-74(83)84)64(114)98-49(19-11-29-89-72(79)80)62(112)95-38-58(109)96-42(5)60(110)97-51(20-12-30-90-73(81)82)63(113)100-54(23-15-33-93-76(87)88)66(116)103-56(36-44-37-94-48-17-8-7-16-46(44)48)69(119)102-53(22-14-32-92-75(85)86)65(115)99-50(18-9-10-28-77)67(117)105-57(71(121)122)34-40(2)3;1-2(3)4/h7-8,16-17,24-27,37,40-42,47,49-57,59,94,107-108H,6,9-15,18-23,28-36,38-39,77-78H2,1-5H3,(H,95,112)(H,96,109)(H,97,110)(H,98,114)(H,99,115)(H,100,113)(H,101,118)(H,102,119)(H,103,116)(H,104,120)(H,105,117)(H,106,111)(H,121,122)(H4,79,80,89)(H4,81,82,90)(H4,83,84,91)(H4,85,86,92)(H4,87,88,93);1H3,(H,3,4)/t41-,42-,47-,49-,50-,51-,52-,53-,54-,55-,56-,57-,59-;/m0./s1. The molecule has 126 heavy (non-hydrogen) atoms. The van der Waals surface area contributed by atoms with Crippen molar-refractivity contribution in [2.24, 2.45) is 52.0 Å². The Balaban J connectivity index is 0.0000131. The summed E-state index contributed by atoms with van der Waals surface area (Å²) in [5.74, 6) is -16.2. The molecule has 0 aliphatic carbocycles. The number of phenolic OH excluding ortho intramolecular Hbond substituents is 1. The number of hydrogen-bond donors (Lipinski definition) is 34. The number of carbonyl (C=O) groups is 14. The van der Waals surface area contributed by atoms with Crippen LogP contribution in [-0.2, 0) is 80.0 Å². The lowest BCUT2D eigenvalue weighted by molar-refractivity contribution is -0.143. The van der Waals surface area contributed by atoms with Gasteiger partial charge in [-0.2, -0.15) is 0 Å². The van der Waals surface area contributed by atoms with Gasteiger partial charge in [-0.05, 0) is 145 Å². The van der Waals surface area contributed by atoms with Crippen LogP contribution >= 0.6 is 0 Å². The molecule has 48 nitrogen and oxygen atoms in total. The van der Waals surface area contributed by atoms with Crippen LogP contribution in [-0.4, -0.2) is 263 Å². The predicted octanol–water partition coefficient (Wildman–Crippen LogP) is -6.84. The Hall–Kier alpha value is -13.4. The quantitative estimate of drug-likeness (QED) is 0.0142. The number of fused-ring (bicyclic) bond motifs is 1. The molecule has 12 amide bonds. The van der Waals surface area contributed by atoms with Crippen LogP contribution in [0.3, 0.4) is 0 Å². The van der Waals surface area contributed by atoms with E-state index >= 15 is 9.59 Å². The minimum atomic E-state index is -1.57. The van der Waals surface area contributed by atoms with Crippen LogP contribution in [0.1, 0.15) is 149 Å². The Labute approximate surface area is 729 Å². The van der Waals surface area contributed by atoms with Crippen LogP contribution in [0.15, 0.2) is 54.7 Å². The molecule has 702 valence electrons. The lowest BCUT2D eigenvalue weighted by Gasteiger charge is -2.28. The highest BCUT2D eigenvalue weighted by Crippen LogP contribution is 2.21. The van der Waals surface area contributed by atoms with E-state index in [1.54, 1.807) is 58.2 Å². The Morgan fingerprint density at radius 1 is 0.429 bits per heavy atom. The summed E-state index contributed by atoms with van der Waals surface area (Å²) < 4.78 is 0. The molecule has 1 heterocycles. The number of aliphatic hydroxyl groups excluding tert-OH is 1. The lowest BCUT2D eigenvalue weighted by atomic mass is 9.96. The summed E-state index contributed by atoms with van der Waals surface area (Å²) in [5, 5.41) is 120. The van der Waals surface area contributed by atoms with Gasteiger partial charge in [-0.1, -0.05) is 64.4 Å². The number of aliphatic carboxylic acids is 2. The van der Waals surface area contributed by atoms with Gasteiger partial charge in [0.15, 0.2) is 29.8 Å². The van der Waals surface area contributed by atoms with Gasteiger partial charge >= 0.3 is 5.97 Å². The highest BCUT2D eigenvalue weighted by Gasteiger charge is 2.38. The zero-order valence-corrected chi connectivity index (χ0v) is 72.0. The number of rotatable bonds is 58. The Kier molecular flexibility index (Phi) is 50.5. The number of aromatic hydroxyl groups is 1. The first-order valence-electron chi connectivity index (χ1n) is 41.3. The zero-order valence-electron chi connectivity index (χ0n) is 72.0. The molecule has 0 unspecified atom stereocenters. The lowest BCUT2D eigenvalue weighted by Crippen LogP contribution is -2.60. The number of phenols is 1. The SMILES string of the molecule is CC(=O)O.CC[C@H](C)[C@H](NC(=O)[C@@H](N)CO)C(=O)N[C@@H](Cc1ccc(O)cc1)C(=O)N[C@@H](CCCNC(=N)N)C(=O)N[C@@H](CCCNC(=N)N)C(=O)NCC(=O)N[C@@H](C)C(=O)N[C@@H](CCCNC(=N)N)C(=O)N[C@@H](CCCNC(=N)N)C(=O)N[C@@H](Cc1c[nH]c2ccccc12)C(=O)N[C@@H](CCCNC(=N)N)C(=O)N[C@@H](CCCCN)C(=O)N[C@@H](CC(C)C)C(=O)O. The Bertz CT molecular complexity index is 4110. The van der Waals surface area contributed by atoms with Crippen molar-refractivity contribution in [2.45, 2.75) is 223 Å². The molecule has 0 aliphatic heterocycles. The van der Waals surface area contributed by atoms with Gasteiger partial charge in [-0.15, -0.1) is 0 Å². The van der Waals surface area contributed by atoms with E-state index in [9.17, 15) is 68.1 Å². The number of hydrogen-bond acceptors (Lipinski definition) is 23. The van der Waals surface area contributed by atoms with E-state index in [-0.39, 0.29) is 141 Å². The number of nitrogens with two attached hydrogens (primary N) is 7. The van der Waals surface area contributed by atoms with E-state index in [1.807, 2.05) is 0 Å². The average Bonchev–Trinajstić information content (AvgIpc) is 1.65. The molecule has 48 heteroatoms. The first-order valence-corrected chi connectivity index (χ1v) is 41.3. The summed E-state index contributed by atoms with van der Waals surface area (Å²) in [5.41, 5.74) is 40.9. The van der Waals surface area contributed by atoms with Crippen molar-refractivity contribution >= 4 is 124 Å². The highest BCUT2D eigenvalue weighted by molar-refractivity contribution is 6.00. The molecule has 0 radical (unpaired) electrons. The van der Waals surface area contributed by atoms with Crippen molar-refractivity contribution < 1.29 is 87.5 Å². The second-order valence-corrected chi connectivity index (χ2v) is 30.3. The number of aromatic nitrogens is 1. The monoisotopic (exact) mass is 1780 g/mol. The molecule has 2 aromatic carbocycles. The van der Waals surface area contributed by atoms with E-state index in [1.165, 1.54) is 31.2 Å². The molecule has 3 aromatic rings. The number of aliphatic hydroxyl groups is 1. The molecule has 13 atom stereocenters. The van der Waals surface area contributed by atoms with Crippen LogP contribution in [0.4, 0.5) is 0 Å². The predicted molar refractivity (Wildman–Crippen MR) is 467 cm³/mol. The molecule has 41 N–H and O–H groups in total. The van der Waals surface area contributed by atoms with Gasteiger partial charge in [-0.25, -0.2) is 4.79 Å². The molecule has 1 aromatic heterocycles. The minimum Gasteiger partial charge on any atom is -0.508 e. The number of benzene rings is 2. The van der Waals surface area contributed by atoms with E-state index < -0.39 is 204 Å². The van der Waals surface area contributed by atoms with Gasteiger partial charge in [0.25, 0.3) is 5.97 Å². The van der Waals surface area contributed by atoms with E-state index in [2.05, 4.69) is 95.4 Å². The number of guanidine groups is 5. The topological polar surface area (TPSA) is 842 Å². The normalized spacial score (nSPS) is 14.0. The van der Waals surface area contributed by atoms with E-state index in [0.29, 0.717) is 41.3 Å². The molecule has 3 rings (SSSR count). The molecule has 0 saturated heterocycles. The van der Waals surface area contributed by atoms with Crippen LogP contribution in [0.25, 0.3) is 10.9 Å². The summed E-state index contributed by atoms with van der Waals surface area (Å²) in [6, 6.07) is -4.83. The van der Waals surface area contributed by atoms with Gasteiger partial charge in [0.05, 0.1) is 13.2 Å². The number of amides is 12. The summed E-state index contributed by atoms with van der Waals surface area (Å²) in [6.45, 7) is 7.92. The van der Waals surface area contributed by atoms with Crippen LogP contribution in [0.5, 0.6) is 5.75 Å². The van der Waals surface area contributed by atoms with Crippen molar-refractivity contribution in [1.82, 2.24) is 95.4 Å². The maximum absolute atomic E-state index is 15.1. The summed E-state index contributed by atoms with van der Waals surface area (Å²) in [7, 11) is 0.